The van der Waals surface area contributed by atoms with Crippen LogP contribution in [0.3, 0.4) is 0 Å². The number of nitrogens with one attached hydrogen (secondary N) is 1. The van der Waals surface area contributed by atoms with Gasteiger partial charge < -0.3 is 10.1 Å². The van der Waals surface area contributed by atoms with Crippen molar-refractivity contribution in [2.24, 2.45) is 5.10 Å². The van der Waals surface area contributed by atoms with E-state index in [0.717, 1.165) is 0 Å². The molecule has 0 bridgehead atoms. The number of nitro benzene ring substituents is 1. The number of hydrazone groups is 1. The fourth-order valence-corrected chi connectivity index (χ4v) is 0.873. The summed E-state index contributed by atoms with van der Waals surface area (Å²) in [7, 11) is 0. The first-order chi connectivity index (χ1) is 7.11. The number of nitro groups is 2. The van der Waals surface area contributed by atoms with Gasteiger partial charge in [-0.05, 0) is 11.0 Å². The van der Waals surface area contributed by atoms with Gasteiger partial charge in [-0.2, -0.15) is 5.43 Å². The molecule has 0 aliphatic heterocycles. The van der Waals surface area contributed by atoms with E-state index in [-0.39, 0.29) is 11.4 Å². The summed E-state index contributed by atoms with van der Waals surface area (Å²) >= 11 is 0. The van der Waals surface area contributed by atoms with Gasteiger partial charge in [-0.3, -0.25) is 10.1 Å². The van der Waals surface area contributed by atoms with Crippen LogP contribution in [0.5, 0.6) is 0 Å². The molecular formula is C7H6N4O4. The molecule has 0 radical (unpaired) electrons. The third-order valence-corrected chi connectivity index (χ3v) is 1.44. The zero-order chi connectivity index (χ0) is 11.3. The molecule has 0 aliphatic carbocycles. The van der Waals surface area contributed by atoms with E-state index in [4.69, 9.17) is 0 Å². The molecule has 78 valence electrons. The maximum absolute atomic E-state index is 10.5. The van der Waals surface area contributed by atoms with Crippen LogP contribution in [0.2, 0.25) is 0 Å². The molecule has 15 heavy (non-hydrogen) atoms. The van der Waals surface area contributed by atoms with Crippen molar-refractivity contribution in [1.82, 2.24) is 0 Å². The van der Waals surface area contributed by atoms with E-state index in [1.54, 1.807) is 6.07 Å². The highest BCUT2D eigenvalue weighted by Crippen LogP contribution is 2.22. The van der Waals surface area contributed by atoms with E-state index >= 15 is 0 Å². The van der Waals surface area contributed by atoms with Crippen molar-refractivity contribution in [3.05, 3.63) is 44.5 Å². The van der Waals surface area contributed by atoms with Crippen molar-refractivity contribution in [2.45, 2.75) is 0 Å². The summed E-state index contributed by atoms with van der Waals surface area (Å²) < 4.78 is 0. The second-order valence-corrected chi connectivity index (χ2v) is 2.42. The van der Waals surface area contributed by atoms with Crippen LogP contribution in [0, 0.1) is 20.2 Å². The molecule has 1 rings (SSSR count). The van der Waals surface area contributed by atoms with E-state index in [0.29, 0.717) is 6.34 Å². The topological polar surface area (TPSA) is 111 Å². The highest BCUT2D eigenvalue weighted by atomic mass is 16.6. The quantitative estimate of drug-likeness (QED) is 0.347. The highest BCUT2D eigenvalue weighted by Gasteiger charge is 2.12. The first kappa shape index (κ1) is 10.6. The number of benzene rings is 1. The van der Waals surface area contributed by atoms with Crippen molar-refractivity contribution in [3.63, 3.8) is 0 Å². The Hall–Kier alpha value is -2.51. The Morgan fingerprint density at radius 3 is 2.53 bits per heavy atom. The summed E-state index contributed by atoms with van der Waals surface area (Å²) in [6.45, 7) is 0. The normalized spacial score (nSPS) is 10.1. The lowest BCUT2D eigenvalue weighted by molar-refractivity contribution is -0.384. The number of nitrogens with zero attached hydrogens (tertiary/aromatic N) is 3. The van der Waals surface area contributed by atoms with Crippen LogP contribution in [-0.4, -0.2) is 16.2 Å². The highest BCUT2D eigenvalue weighted by molar-refractivity contribution is 5.62. The number of anilines is 1. The van der Waals surface area contributed by atoms with Gasteiger partial charge in [-0.1, -0.05) is 12.1 Å². The fraction of sp³-hybridized carbons (Fsp3) is 0. The third-order valence-electron chi connectivity index (χ3n) is 1.44. The SMILES string of the molecule is O=[N+]([O-])/C=N/Nc1ccccc1[N+](=O)[O-]. The lowest BCUT2D eigenvalue weighted by Crippen LogP contribution is -1.99. The Bertz CT molecular complexity index is 417. The minimum absolute atomic E-state index is 0.0978. The van der Waals surface area contributed by atoms with Crippen molar-refractivity contribution < 1.29 is 9.85 Å². The Labute approximate surface area is 83.5 Å². The van der Waals surface area contributed by atoms with E-state index < -0.39 is 9.85 Å². The number of hydrogen-bond donors (Lipinski definition) is 1. The first-order valence-corrected chi connectivity index (χ1v) is 3.77. The third kappa shape index (κ3) is 3.03. The molecule has 0 saturated carbocycles. The molecule has 1 aromatic carbocycles. The van der Waals surface area contributed by atoms with E-state index in [1.165, 1.54) is 18.2 Å². The Morgan fingerprint density at radius 1 is 1.27 bits per heavy atom. The van der Waals surface area contributed by atoms with Gasteiger partial charge in [0.15, 0.2) is 5.69 Å². The van der Waals surface area contributed by atoms with Gasteiger partial charge in [0.25, 0.3) is 5.69 Å². The monoisotopic (exact) mass is 210 g/mol. The first-order valence-electron chi connectivity index (χ1n) is 3.77. The van der Waals surface area contributed by atoms with Gasteiger partial charge in [0.2, 0.25) is 0 Å². The lowest BCUT2D eigenvalue weighted by atomic mass is 10.3. The predicted molar refractivity (Wildman–Crippen MR) is 52.2 cm³/mol. The summed E-state index contributed by atoms with van der Waals surface area (Å²) in [6, 6.07) is 5.71. The average Bonchev–Trinajstić information content (AvgIpc) is 2.17. The van der Waals surface area contributed by atoms with Gasteiger partial charge in [-0.15, -0.1) is 0 Å². The second-order valence-electron chi connectivity index (χ2n) is 2.42. The molecular weight excluding hydrogens is 204 g/mol. The molecule has 0 aliphatic rings. The van der Waals surface area contributed by atoms with Crippen LogP contribution in [0.25, 0.3) is 0 Å². The van der Waals surface area contributed by atoms with E-state index in [1.807, 2.05) is 0 Å². The minimum atomic E-state index is -0.776. The zero-order valence-corrected chi connectivity index (χ0v) is 7.36. The largest absolute Gasteiger partial charge is 0.358 e. The van der Waals surface area contributed by atoms with Crippen molar-refractivity contribution in [3.8, 4) is 0 Å². The van der Waals surface area contributed by atoms with E-state index in [2.05, 4.69) is 10.5 Å². The van der Waals surface area contributed by atoms with Gasteiger partial charge in [-0.25, -0.2) is 0 Å². The Kier molecular flexibility index (Phi) is 3.28. The molecule has 8 heteroatoms. The molecule has 1 N–H and O–H groups in total. The van der Waals surface area contributed by atoms with Gasteiger partial charge in [0.1, 0.15) is 0 Å². The molecule has 0 atom stereocenters. The molecule has 8 nitrogen and oxygen atoms in total. The summed E-state index contributed by atoms with van der Waals surface area (Å²) in [4.78, 5) is 19.0. The standard InChI is InChI=1S/C7H6N4O4/c12-10(13)5-8-9-6-3-1-2-4-7(6)11(14)15/h1-5,9H/b8-5+. The average molecular weight is 210 g/mol. The molecule has 0 unspecified atom stereocenters. The molecule has 0 heterocycles. The van der Waals surface area contributed by atoms with Crippen molar-refractivity contribution >= 4 is 17.7 Å². The second kappa shape index (κ2) is 4.65. The molecule has 0 spiro atoms. The predicted octanol–water partition coefficient (Wildman–Crippen LogP) is 1.23. The van der Waals surface area contributed by atoms with Crippen LogP contribution in [0.4, 0.5) is 11.4 Å². The van der Waals surface area contributed by atoms with Crippen LogP contribution in [-0.2, 0) is 0 Å². The Morgan fingerprint density at radius 2 is 1.93 bits per heavy atom. The fourth-order valence-electron chi connectivity index (χ4n) is 0.873. The summed E-state index contributed by atoms with van der Waals surface area (Å²) in [5.41, 5.74) is 2.11. The molecule has 0 aromatic heterocycles. The number of hydrogen-bond acceptors (Lipinski definition) is 6. The summed E-state index contributed by atoms with van der Waals surface area (Å²) in [6.07, 6.45) is 0.413. The minimum Gasteiger partial charge on any atom is -0.358 e. The smallest absolute Gasteiger partial charge is 0.352 e. The van der Waals surface area contributed by atoms with Crippen LogP contribution < -0.4 is 5.43 Å². The summed E-state index contributed by atoms with van der Waals surface area (Å²) in [5, 5.41) is 23.6. The van der Waals surface area contributed by atoms with Crippen molar-refractivity contribution in [1.29, 1.82) is 0 Å². The number of para-hydroxylation sites is 2. The van der Waals surface area contributed by atoms with Gasteiger partial charge >= 0.3 is 6.34 Å². The maximum atomic E-state index is 10.5. The van der Waals surface area contributed by atoms with Crippen LogP contribution in [0.1, 0.15) is 0 Å². The van der Waals surface area contributed by atoms with E-state index in [9.17, 15) is 20.2 Å². The Balaban J connectivity index is 2.85. The maximum Gasteiger partial charge on any atom is 0.352 e. The molecule has 0 amide bonds. The number of rotatable bonds is 4. The lowest BCUT2D eigenvalue weighted by Gasteiger charge is -1.96. The van der Waals surface area contributed by atoms with Gasteiger partial charge in [0, 0.05) is 11.2 Å². The zero-order valence-electron chi connectivity index (χ0n) is 7.36. The molecule has 1 aromatic rings. The van der Waals surface area contributed by atoms with Crippen LogP contribution in [0.15, 0.2) is 29.4 Å². The molecule has 0 fully saturated rings. The van der Waals surface area contributed by atoms with Crippen LogP contribution >= 0.6 is 0 Å². The van der Waals surface area contributed by atoms with Gasteiger partial charge in [0.05, 0.1) is 4.92 Å². The summed E-state index contributed by atoms with van der Waals surface area (Å²) in [5.74, 6) is 0. The molecule has 0 saturated heterocycles. The van der Waals surface area contributed by atoms with Crippen molar-refractivity contribution in [2.75, 3.05) is 5.43 Å².